The van der Waals surface area contributed by atoms with Gasteiger partial charge in [0.25, 0.3) is 11.5 Å². The largest absolute Gasteiger partial charge is 0.454 e. The van der Waals surface area contributed by atoms with Gasteiger partial charge in [-0.1, -0.05) is 24.6 Å². The third-order valence-corrected chi connectivity index (χ3v) is 5.52. The zero-order valence-electron chi connectivity index (χ0n) is 15.1. The van der Waals surface area contributed by atoms with Crippen LogP contribution in [0.1, 0.15) is 35.7 Å². The van der Waals surface area contributed by atoms with Gasteiger partial charge in [-0.15, -0.1) is 0 Å². The highest BCUT2D eigenvalue weighted by atomic mass is 35.5. The number of piperidine rings is 1. The molecule has 1 N–H and O–H groups in total. The van der Waals surface area contributed by atoms with Crippen LogP contribution in [0.4, 0.5) is 0 Å². The number of likely N-dealkylation sites (tertiary alicyclic amines) is 1. The molecule has 4 rings (SSSR count). The molecule has 0 bridgehead atoms. The zero-order chi connectivity index (χ0) is 19.0. The third kappa shape index (κ3) is 3.67. The minimum Gasteiger partial charge on any atom is -0.454 e. The van der Waals surface area contributed by atoms with Gasteiger partial charge >= 0.3 is 0 Å². The van der Waals surface area contributed by atoms with Crippen LogP contribution in [0.3, 0.4) is 0 Å². The first kappa shape index (κ1) is 17.9. The van der Waals surface area contributed by atoms with Crippen molar-refractivity contribution >= 4 is 17.5 Å². The molecule has 0 aliphatic carbocycles. The quantitative estimate of drug-likeness (QED) is 0.876. The Morgan fingerprint density at radius 1 is 1.30 bits per heavy atom. The summed E-state index contributed by atoms with van der Waals surface area (Å²) in [7, 11) is 0. The Kier molecular flexibility index (Phi) is 4.60. The average molecular weight is 389 g/mol. The van der Waals surface area contributed by atoms with Gasteiger partial charge in [0.1, 0.15) is 5.02 Å². The minimum atomic E-state index is -0.389. The minimum absolute atomic E-state index is 0.0287. The third-order valence-electron chi connectivity index (χ3n) is 5.24. The molecule has 0 saturated carbocycles. The molecule has 1 saturated heterocycles. The van der Waals surface area contributed by atoms with Crippen molar-refractivity contribution < 1.29 is 14.3 Å². The molecule has 7 heteroatoms. The number of carbonyl (C=O) groups excluding carboxylic acids is 1. The van der Waals surface area contributed by atoms with E-state index in [1.165, 1.54) is 17.8 Å². The highest BCUT2D eigenvalue weighted by Gasteiger charge is 2.34. The number of aromatic amines is 1. The summed E-state index contributed by atoms with van der Waals surface area (Å²) in [5, 5.41) is 0.0287. The number of ether oxygens (including phenoxy) is 2. The SMILES string of the molecule is C[C@@]1(Cc2ccc3c(c2)OCO3)CCCN(C(=O)c2c[nH]c(=O)c(Cl)c2)C1. The Bertz CT molecular complexity index is 942. The van der Waals surface area contributed by atoms with Gasteiger partial charge in [-0.25, -0.2) is 0 Å². The molecule has 142 valence electrons. The normalized spacial score (nSPS) is 21.3. The lowest BCUT2D eigenvalue weighted by atomic mass is 9.76. The van der Waals surface area contributed by atoms with Crippen LogP contribution in [0.25, 0.3) is 0 Å². The molecule has 6 nitrogen and oxygen atoms in total. The van der Waals surface area contributed by atoms with Crippen LogP contribution >= 0.6 is 11.6 Å². The van der Waals surface area contributed by atoms with Crippen LogP contribution in [0.15, 0.2) is 35.3 Å². The molecule has 3 heterocycles. The van der Waals surface area contributed by atoms with Crippen molar-refractivity contribution in [1.82, 2.24) is 9.88 Å². The molecule has 0 spiro atoms. The molecule has 1 aromatic heterocycles. The summed E-state index contributed by atoms with van der Waals surface area (Å²) in [6, 6.07) is 7.46. The molecule has 1 amide bonds. The number of nitrogens with one attached hydrogen (secondary N) is 1. The number of rotatable bonds is 3. The van der Waals surface area contributed by atoms with Crippen molar-refractivity contribution in [2.24, 2.45) is 5.41 Å². The second-order valence-electron chi connectivity index (χ2n) is 7.57. The molecule has 2 aliphatic rings. The predicted molar refractivity (Wildman–Crippen MR) is 102 cm³/mol. The molecule has 1 atom stereocenters. The lowest BCUT2D eigenvalue weighted by Crippen LogP contribution is -2.45. The number of halogens is 1. The second kappa shape index (κ2) is 6.93. The maximum absolute atomic E-state index is 12.9. The Hall–Kier alpha value is -2.47. The fraction of sp³-hybridized carbons (Fsp3) is 0.400. The summed E-state index contributed by atoms with van der Waals surface area (Å²) in [5.74, 6) is 1.45. The van der Waals surface area contributed by atoms with Crippen molar-refractivity contribution in [3.8, 4) is 11.5 Å². The number of amides is 1. The standard InChI is InChI=1S/C20H21ClN2O4/c1-20(9-13-3-4-16-17(7-13)27-12-26-16)5-2-6-23(11-20)19(25)14-8-15(21)18(24)22-10-14/h3-4,7-8,10H,2,5-6,9,11-12H2,1H3,(H,22,24)/t20-/m0/s1. The van der Waals surface area contributed by atoms with Gasteiger partial charge in [-0.3, -0.25) is 9.59 Å². The van der Waals surface area contributed by atoms with E-state index in [2.05, 4.69) is 18.0 Å². The van der Waals surface area contributed by atoms with E-state index in [4.69, 9.17) is 21.1 Å². The number of carbonyl (C=O) groups is 1. The number of benzene rings is 1. The fourth-order valence-corrected chi connectivity index (χ4v) is 4.11. The number of hydrogen-bond donors (Lipinski definition) is 1. The van der Waals surface area contributed by atoms with Crippen molar-refractivity contribution in [2.75, 3.05) is 19.9 Å². The molecular formula is C20H21ClN2O4. The molecule has 1 fully saturated rings. The van der Waals surface area contributed by atoms with Gasteiger partial charge in [-0.2, -0.15) is 0 Å². The van der Waals surface area contributed by atoms with Crippen molar-refractivity contribution in [3.63, 3.8) is 0 Å². The summed E-state index contributed by atoms with van der Waals surface area (Å²) in [4.78, 5) is 28.7. The van der Waals surface area contributed by atoms with Gasteiger partial charge in [0.2, 0.25) is 6.79 Å². The Morgan fingerprint density at radius 2 is 2.11 bits per heavy atom. The van der Waals surface area contributed by atoms with E-state index in [1.54, 1.807) is 0 Å². The second-order valence-corrected chi connectivity index (χ2v) is 7.98. The first-order chi connectivity index (χ1) is 12.9. The molecule has 2 aromatic rings. The topological polar surface area (TPSA) is 71.6 Å². The molecular weight excluding hydrogens is 368 g/mol. The number of fused-ring (bicyclic) bond motifs is 1. The van der Waals surface area contributed by atoms with Crippen molar-refractivity contribution in [1.29, 1.82) is 0 Å². The van der Waals surface area contributed by atoms with Crippen molar-refractivity contribution in [2.45, 2.75) is 26.2 Å². The predicted octanol–water partition coefficient (Wildman–Crippen LogP) is 3.24. The van der Waals surface area contributed by atoms with E-state index in [0.717, 1.165) is 30.8 Å². The summed E-state index contributed by atoms with van der Waals surface area (Å²) >= 11 is 5.87. The van der Waals surface area contributed by atoms with E-state index in [0.29, 0.717) is 18.7 Å². The number of aromatic nitrogens is 1. The van der Waals surface area contributed by atoms with Gasteiger partial charge in [-0.05, 0) is 48.4 Å². The van der Waals surface area contributed by atoms with E-state index < -0.39 is 0 Å². The number of hydrogen-bond acceptors (Lipinski definition) is 4. The van der Waals surface area contributed by atoms with Crippen LogP contribution in [-0.2, 0) is 6.42 Å². The van der Waals surface area contributed by atoms with Crippen LogP contribution < -0.4 is 15.0 Å². The van der Waals surface area contributed by atoms with Crippen LogP contribution in [0.2, 0.25) is 5.02 Å². The van der Waals surface area contributed by atoms with Crippen LogP contribution in [-0.4, -0.2) is 35.7 Å². The van der Waals surface area contributed by atoms with Crippen LogP contribution in [0, 0.1) is 5.41 Å². The molecule has 0 radical (unpaired) electrons. The van der Waals surface area contributed by atoms with Crippen molar-refractivity contribution in [3.05, 3.63) is 57.0 Å². The van der Waals surface area contributed by atoms with Crippen LogP contribution in [0.5, 0.6) is 11.5 Å². The summed E-state index contributed by atoms with van der Waals surface area (Å²) in [6.45, 7) is 3.82. The maximum Gasteiger partial charge on any atom is 0.266 e. The van der Waals surface area contributed by atoms with E-state index in [9.17, 15) is 9.59 Å². The Labute approximate surface area is 162 Å². The maximum atomic E-state index is 12.9. The summed E-state index contributed by atoms with van der Waals surface area (Å²) in [5.41, 5.74) is 1.16. The number of pyridine rings is 1. The average Bonchev–Trinajstić information content (AvgIpc) is 3.11. The van der Waals surface area contributed by atoms with Gasteiger partial charge in [0.15, 0.2) is 11.5 Å². The first-order valence-electron chi connectivity index (χ1n) is 9.00. The highest BCUT2D eigenvalue weighted by molar-refractivity contribution is 6.30. The highest BCUT2D eigenvalue weighted by Crippen LogP contribution is 2.37. The molecule has 0 unspecified atom stereocenters. The van der Waals surface area contributed by atoms with Gasteiger partial charge in [0.05, 0.1) is 5.56 Å². The Morgan fingerprint density at radius 3 is 2.93 bits per heavy atom. The van der Waals surface area contributed by atoms with E-state index in [1.807, 2.05) is 17.0 Å². The van der Waals surface area contributed by atoms with Gasteiger partial charge < -0.3 is 19.4 Å². The molecule has 27 heavy (non-hydrogen) atoms. The van der Waals surface area contributed by atoms with E-state index in [-0.39, 0.29) is 28.7 Å². The first-order valence-corrected chi connectivity index (χ1v) is 9.37. The zero-order valence-corrected chi connectivity index (χ0v) is 15.8. The summed E-state index contributed by atoms with van der Waals surface area (Å²) < 4.78 is 10.8. The smallest absolute Gasteiger partial charge is 0.266 e. The van der Waals surface area contributed by atoms with E-state index >= 15 is 0 Å². The molecule has 1 aromatic carbocycles. The number of nitrogens with zero attached hydrogens (tertiary/aromatic N) is 1. The summed E-state index contributed by atoms with van der Waals surface area (Å²) in [6.07, 6.45) is 4.25. The van der Waals surface area contributed by atoms with Gasteiger partial charge in [0, 0.05) is 19.3 Å². The number of H-pyrrole nitrogens is 1. The lowest BCUT2D eigenvalue weighted by Gasteiger charge is -2.40. The lowest BCUT2D eigenvalue weighted by molar-refractivity contribution is 0.0550. The molecule has 2 aliphatic heterocycles. The Balaban J connectivity index is 1.50. The fourth-order valence-electron chi connectivity index (χ4n) is 3.94. The monoisotopic (exact) mass is 388 g/mol.